The topological polar surface area (TPSA) is 96.3 Å². The molecule has 0 aromatic heterocycles. The number of rotatable bonds is 52. The van der Waals surface area contributed by atoms with E-state index in [4.69, 9.17) is 9.47 Å². The van der Waals surface area contributed by atoms with E-state index in [0.29, 0.717) is 26.1 Å². The van der Waals surface area contributed by atoms with Gasteiger partial charge in [-0.15, -0.1) is 0 Å². The van der Waals surface area contributed by atoms with Crippen LogP contribution in [0.15, 0.2) is 12.2 Å². The van der Waals surface area contributed by atoms with Gasteiger partial charge in [-0.2, -0.15) is 0 Å². The number of carbonyl (C=O) groups is 2. The number of unbranched alkanes of at least 4 members (excludes halogenated alkanes) is 36. The minimum atomic E-state index is -0.717. The summed E-state index contributed by atoms with van der Waals surface area (Å²) in [6, 6.07) is 0. The van der Waals surface area contributed by atoms with Gasteiger partial charge in [0.15, 0.2) is 0 Å². The van der Waals surface area contributed by atoms with E-state index in [1.807, 2.05) is 0 Å². The van der Waals surface area contributed by atoms with E-state index >= 15 is 0 Å². The summed E-state index contributed by atoms with van der Waals surface area (Å²) in [6.45, 7) is 6.43. The van der Waals surface area contributed by atoms with Gasteiger partial charge in [0.1, 0.15) is 0 Å². The van der Waals surface area contributed by atoms with Gasteiger partial charge in [0.2, 0.25) is 5.91 Å². The Labute approximate surface area is 386 Å². The van der Waals surface area contributed by atoms with Crippen molar-refractivity contribution in [2.24, 2.45) is 0 Å². The van der Waals surface area contributed by atoms with Crippen LogP contribution in [0.25, 0.3) is 0 Å². The van der Waals surface area contributed by atoms with Crippen molar-refractivity contribution in [2.75, 3.05) is 39.5 Å². The standard InChI is InChI=1S/C55H107NO6/c1-3-5-7-9-11-13-15-17-19-22-26-30-34-38-42-46-55(60)62-50-44-40-36-32-28-24-20-21-25-29-33-37-41-45-54(59)56(47-48-57)51-53(58)52-61-49-43-39-35-31-27-23-18-16-14-12-10-8-6-4-2/h17,19,53,57-58H,3-16,18,20-52H2,1-2H3/b19-17-. The molecule has 0 spiro atoms. The number of aliphatic hydroxyl groups is 2. The molecule has 7 heteroatoms. The van der Waals surface area contributed by atoms with Gasteiger partial charge in [0.25, 0.3) is 0 Å². The molecule has 0 heterocycles. The van der Waals surface area contributed by atoms with E-state index < -0.39 is 6.10 Å². The molecule has 1 amide bonds. The Morgan fingerprint density at radius 3 is 1.24 bits per heavy atom. The summed E-state index contributed by atoms with van der Waals surface area (Å²) < 4.78 is 11.2. The van der Waals surface area contributed by atoms with E-state index in [1.165, 1.54) is 205 Å². The van der Waals surface area contributed by atoms with Crippen LogP contribution in [-0.4, -0.2) is 72.6 Å². The Morgan fingerprint density at radius 2 is 0.823 bits per heavy atom. The van der Waals surface area contributed by atoms with E-state index in [-0.39, 0.29) is 38.2 Å². The highest BCUT2D eigenvalue weighted by molar-refractivity contribution is 5.76. The first-order valence-electron chi connectivity index (χ1n) is 27.5. The fourth-order valence-electron chi connectivity index (χ4n) is 8.44. The molecule has 0 rings (SSSR count). The Hall–Kier alpha value is -1.44. The molecule has 0 fully saturated rings. The summed E-state index contributed by atoms with van der Waals surface area (Å²) in [5.41, 5.74) is 0. The number of esters is 1. The second kappa shape index (κ2) is 52.2. The summed E-state index contributed by atoms with van der Waals surface area (Å²) in [7, 11) is 0. The molecule has 7 nitrogen and oxygen atoms in total. The number of carbonyl (C=O) groups excluding carboxylic acids is 2. The third kappa shape index (κ3) is 48.0. The largest absolute Gasteiger partial charge is 0.466 e. The summed E-state index contributed by atoms with van der Waals surface area (Å²) >= 11 is 0. The number of nitrogens with zero attached hydrogens (tertiary/aromatic N) is 1. The third-order valence-corrected chi connectivity index (χ3v) is 12.5. The minimum absolute atomic E-state index is 0.0151. The molecule has 0 aliphatic rings. The maximum atomic E-state index is 12.8. The maximum Gasteiger partial charge on any atom is 0.305 e. The smallest absolute Gasteiger partial charge is 0.305 e. The van der Waals surface area contributed by atoms with Crippen LogP contribution in [0.4, 0.5) is 0 Å². The molecular formula is C55H107NO6. The molecular weight excluding hydrogens is 771 g/mol. The van der Waals surface area contributed by atoms with Crippen LogP contribution in [0.1, 0.15) is 284 Å². The normalized spacial score (nSPS) is 12.1. The first-order valence-corrected chi connectivity index (χ1v) is 27.5. The van der Waals surface area contributed by atoms with Gasteiger partial charge in [-0.3, -0.25) is 9.59 Å². The first kappa shape index (κ1) is 60.6. The molecule has 2 N–H and O–H groups in total. The van der Waals surface area contributed by atoms with Crippen molar-refractivity contribution in [3.8, 4) is 0 Å². The number of allylic oxidation sites excluding steroid dienone is 2. The molecule has 1 unspecified atom stereocenters. The number of ether oxygens (including phenoxy) is 2. The Kier molecular flexibility index (Phi) is 51.0. The van der Waals surface area contributed by atoms with Gasteiger partial charge in [-0.25, -0.2) is 0 Å². The van der Waals surface area contributed by atoms with Crippen molar-refractivity contribution in [3.63, 3.8) is 0 Å². The number of amides is 1. The molecule has 0 aromatic rings. The Morgan fingerprint density at radius 1 is 0.468 bits per heavy atom. The molecule has 0 saturated carbocycles. The lowest BCUT2D eigenvalue weighted by Crippen LogP contribution is -2.40. The predicted molar refractivity (Wildman–Crippen MR) is 266 cm³/mol. The predicted octanol–water partition coefficient (Wildman–Crippen LogP) is 15.7. The van der Waals surface area contributed by atoms with Crippen molar-refractivity contribution in [2.45, 2.75) is 290 Å². The Balaban J connectivity index is 3.52. The van der Waals surface area contributed by atoms with Crippen LogP contribution in [0.3, 0.4) is 0 Å². The summed E-state index contributed by atoms with van der Waals surface area (Å²) in [5.74, 6) is 0.00812. The second-order valence-corrected chi connectivity index (χ2v) is 18.8. The van der Waals surface area contributed by atoms with E-state index in [0.717, 1.165) is 51.4 Å². The number of hydrogen-bond donors (Lipinski definition) is 2. The molecule has 0 aliphatic carbocycles. The second-order valence-electron chi connectivity index (χ2n) is 18.8. The average Bonchev–Trinajstić information content (AvgIpc) is 3.27. The minimum Gasteiger partial charge on any atom is -0.466 e. The highest BCUT2D eigenvalue weighted by Crippen LogP contribution is 2.16. The van der Waals surface area contributed by atoms with Gasteiger partial charge in [-0.05, 0) is 51.4 Å². The first-order chi connectivity index (χ1) is 30.5. The summed E-state index contributed by atoms with van der Waals surface area (Å²) in [4.78, 5) is 26.5. The van der Waals surface area contributed by atoms with E-state index in [9.17, 15) is 19.8 Å². The quantitative estimate of drug-likeness (QED) is 0.0359. The van der Waals surface area contributed by atoms with Crippen molar-refractivity contribution in [3.05, 3.63) is 12.2 Å². The highest BCUT2D eigenvalue weighted by Gasteiger charge is 2.17. The third-order valence-electron chi connectivity index (χ3n) is 12.5. The molecule has 0 aromatic carbocycles. The van der Waals surface area contributed by atoms with E-state index in [2.05, 4.69) is 26.0 Å². The van der Waals surface area contributed by atoms with Crippen LogP contribution in [0, 0.1) is 0 Å². The fourth-order valence-corrected chi connectivity index (χ4v) is 8.44. The molecule has 0 aliphatic heterocycles. The molecule has 368 valence electrons. The van der Waals surface area contributed by atoms with Crippen molar-refractivity contribution < 1.29 is 29.3 Å². The zero-order chi connectivity index (χ0) is 45.1. The van der Waals surface area contributed by atoms with Crippen LogP contribution >= 0.6 is 0 Å². The molecule has 0 radical (unpaired) electrons. The summed E-state index contributed by atoms with van der Waals surface area (Å²) in [5, 5.41) is 20.0. The molecule has 62 heavy (non-hydrogen) atoms. The van der Waals surface area contributed by atoms with Gasteiger partial charge in [0, 0.05) is 32.5 Å². The summed E-state index contributed by atoms with van der Waals surface area (Å²) in [6.07, 6.45) is 55.6. The molecule has 0 bridgehead atoms. The van der Waals surface area contributed by atoms with Gasteiger partial charge in [0.05, 0.1) is 25.9 Å². The van der Waals surface area contributed by atoms with E-state index in [1.54, 1.807) is 4.90 Å². The van der Waals surface area contributed by atoms with Gasteiger partial charge in [-0.1, -0.05) is 231 Å². The van der Waals surface area contributed by atoms with Crippen molar-refractivity contribution in [1.29, 1.82) is 0 Å². The maximum absolute atomic E-state index is 12.8. The number of aliphatic hydroxyl groups excluding tert-OH is 2. The number of hydrogen-bond acceptors (Lipinski definition) is 6. The molecule has 0 saturated heterocycles. The van der Waals surface area contributed by atoms with Crippen molar-refractivity contribution in [1.82, 2.24) is 4.90 Å². The lowest BCUT2D eigenvalue weighted by molar-refractivity contribution is -0.144. The lowest BCUT2D eigenvalue weighted by Gasteiger charge is -2.24. The van der Waals surface area contributed by atoms with Crippen LogP contribution in [-0.2, 0) is 19.1 Å². The van der Waals surface area contributed by atoms with Crippen LogP contribution < -0.4 is 0 Å². The van der Waals surface area contributed by atoms with Crippen LogP contribution in [0.2, 0.25) is 0 Å². The average molecular weight is 878 g/mol. The zero-order valence-electron chi connectivity index (χ0n) is 41.6. The monoisotopic (exact) mass is 878 g/mol. The lowest BCUT2D eigenvalue weighted by atomic mass is 10.0. The Bertz CT molecular complexity index is 927. The SMILES string of the molecule is CCCCCCCC/C=C\CCCCCCCC(=O)OCCCCCCCCCCCCCCCC(=O)N(CCO)CC(O)COCCCCCCCCCCCCCCCC. The zero-order valence-corrected chi connectivity index (χ0v) is 41.6. The van der Waals surface area contributed by atoms with Crippen LogP contribution in [0.5, 0.6) is 0 Å². The fraction of sp³-hybridized carbons (Fsp3) is 0.927. The highest BCUT2D eigenvalue weighted by atomic mass is 16.5. The van der Waals surface area contributed by atoms with Gasteiger partial charge < -0.3 is 24.6 Å². The van der Waals surface area contributed by atoms with Gasteiger partial charge >= 0.3 is 5.97 Å². The van der Waals surface area contributed by atoms with Crippen molar-refractivity contribution >= 4 is 11.9 Å². The molecule has 1 atom stereocenters.